The average molecular weight is 427 g/mol. The Labute approximate surface area is 174 Å². The number of benzene rings is 2. The van der Waals surface area contributed by atoms with Crippen LogP contribution in [-0.4, -0.2) is 41.9 Å². The van der Waals surface area contributed by atoms with E-state index >= 15 is 0 Å². The Balaban J connectivity index is 1.38. The fourth-order valence-corrected chi connectivity index (χ4v) is 4.70. The van der Waals surface area contributed by atoms with Crippen LogP contribution < -0.4 is 0 Å². The summed E-state index contributed by atoms with van der Waals surface area (Å²) in [6, 6.07) is 13.4. The SMILES string of the molecule is Cc1ccc(-c2noc(COC(=O)c3ccc(S(=O)(=O)N4CCCC4)cc3)n2)cc1. The van der Waals surface area contributed by atoms with Crippen molar-refractivity contribution < 1.29 is 22.5 Å². The van der Waals surface area contributed by atoms with Gasteiger partial charge in [0.1, 0.15) is 0 Å². The minimum atomic E-state index is -3.51. The zero-order valence-electron chi connectivity index (χ0n) is 16.4. The highest BCUT2D eigenvalue weighted by Crippen LogP contribution is 2.21. The van der Waals surface area contributed by atoms with Gasteiger partial charge in [0.25, 0.3) is 5.89 Å². The summed E-state index contributed by atoms with van der Waals surface area (Å²) in [5, 5.41) is 3.89. The van der Waals surface area contributed by atoms with Crippen LogP contribution in [0.15, 0.2) is 57.9 Å². The molecule has 2 heterocycles. The van der Waals surface area contributed by atoms with Crippen molar-refractivity contribution in [2.24, 2.45) is 0 Å². The van der Waals surface area contributed by atoms with E-state index in [2.05, 4.69) is 10.1 Å². The van der Waals surface area contributed by atoms with Gasteiger partial charge in [-0.15, -0.1) is 0 Å². The molecule has 4 rings (SSSR count). The third-order valence-electron chi connectivity index (χ3n) is 4.90. The van der Waals surface area contributed by atoms with E-state index in [1.54, 1.807) is 0 Å². The fraction of sp³-hybridized carbons (Fsp3) is 0.286. The molecule has 0 amide bonds. The van der Waals surface area contributed by atoms with Crippen LogP contribution in [0.3, 0.4) is 0 Å². The maximum atomic E-state index is 12.5. The van der Waals surface area contributed by atoms with Crippen molar-refractivity contribution in [2.45, 2.75) is 31.3 Å². The van der Waals surface area contributed by atoms with Gasteiger partial charge in [-0.25, -0.2) is 13.2 Å². The molecule has 0 unspecified atom stereocenters. The van der Waals surface area contributed by atoms with Crippen LogP contribution in [0.2, 0.25) is 0 Å². The highest BCUT2D eigenvalue weighted by atomic mass is 32.2. The van der Waals surface area contributed by atoms with Gasteiger partial charge in [0.15, 0.2) is 6.61 Å². The van der Waals surface area contributed by atoms with Gasteiger partial charge in [0.2, 0.25) is 15.8 Å². The first kappa shape index (κ1) is 20.2. The Bertz CT molecular complexity index is 1130. The zero-order valence-corrected chi connectivity index (χ0v) is 17.3. The topological polar surface area (TPSA) is 103 Å². The second kappa shape index (κ2) is 8.37. The summed E-state index contributed by atoms with van der Waals surface area (Å²) in [6.07, 6.45) is 1.73. The summed E-state index contributed by atoms with van der Waals surface area (Å²) >= 11 is 0. The quantitative estimate of drug-likeness (QED) is 0.557. The van der Waals surface area contributed by atoms with Crippen LogP contribution in [0.1, 0.15) is 34.7 Å². The standard InChI is InChI=1S/C21H21N3O5S/c1-15-4-6-16(7-5-15)20-22-19(29-23-20)14-28-21(25)17-8-10-18(11-9-17)30(26,27)24-12-2-3-13-24/h4-11H,2-3,12-14H2,1H3. The first-order valence-electron chi connectivity index (χ1n) is 9.60. The number of carbonyl (C=O) groups is 1. The van der Waals surface area contributed by atoms with E-state index in [4.69, 9.17) is 9.26 Å². The van der Waals surface area contributed by atoms with Crippen LogP contribution in [0.25, 0.3) is 11.4 Å². The van der Waals surface area contributed by atoms with E-state index < -0.39 is 16.0 Å². The van der Waals surface area contributed by atoms with Crippen molar-refractivity contribution >= 4 is 16.0 Å². The van der Waals surface area contributed by atoms with E-state index in [1.165, 1.54) is 28.6 Å². The van der Waals surface area contributed by atoms with Gasteiger partial charge in [-0.2, -0.15) is 9.29 Å². The second-order valence-corrected chi connectivity index (χ2v) is 9.03. The monoisotopic (exact) mass is 427 g/mol. The maximum Gasteiger partial charge on any atom is 0.338 e. The number of aromatic nitrogens is 2. The molecule has 1 aliphatic rings. The van der Waals surface area contributed by atoms with Gasteiger partial charge in [-0.3, -0.25) is 0 Å². The molecule has 0 N–H and O–H groups in total. The van der Waals surface area contributed by atoms with Crippen molar-refractivity contribution in [1.82, 2.24) is 14.4 Å². The third kappa shape index (κ3) is 4.27. The maximum absolute atomic E-state index is 12.5. The van der Waals surface area contributed by atoms with E-state index in [9.17, 15) is 13.2 Å². The van der Waals surface area contributed by atoms with Crippen molar-refractivity contribution in [2.75, 3.05) is 13.1 Å². The Kier molecular flexibility index (Phi) is 5.65. The molecule has 0 atom stereocenters. The average Bonchev–Trinajstić information content (AvgIpc) is 3.45. The summed E-state index contributed by atoms with van der Waals surface area (Å²) in [5.74, 6) is -0.0140. The lowest BCUT2D eigenvalue weighted by atomic mass is 10.1. The van der Waals surface area contributed by atoms with Gasteiger partial charge in [-0.1, -0.05) is 35.0 Å². The summed E-state index contributed by atoms with van der Waals surface area (Å²) in [4.78, 5) is 16.7. The lowest BCUT2D eigenvalue weighted by Gasteiger charge is -2.15. The number of ether oxygens (including phenoxy) is 1. The van der Waals surface area contributed by atoms with E-state index in [1.807, 2.05) is 31.2 Å². The minimum Gasteiger partial charge on any atom is -0.452 e. The molecule has 1 fully saturated rings. The molecule has 2 aromatic carbocycles. The Hall–Kier alpha value is -3.04. The Morgan fingerprint density at radius 2 is 1.73 bits per heavy atom. The number of hydrogen-bond acceptors (Lipinski definition) is 7. The van der Waals surface area contributed by atoms with Crippen LogP contribution in [-0.2, 0) is 21.4 Å². The molecule has 0 spiro atoms. The normalized spacial score (nSPS) is 14.7. The Morgan fingerprint density at radius 3 is 2.40 bits per heavy atom. The molecule has 3 aromatic rings. The third-order valence-corrected chi connectivity index (χ3v) is 6.81. The molecule has 30 heavy (non-hydrogen) atoms. The van der Waals surface area contributed by atoms with Crippen molar-refractivity contribution in [3.63, 3.8) is 0 Å². The summed E-state index contributed by atoms with van der Waals surface area (Å²) < 4.78 is 36.9. The Morgan fingerprint density at radius 1 is 1.07 bits per heavy atom. The zero-order chi connectivity index (χ0) is 21.1. The van der Waals surface area contributed by atoms with Crippen molar-refractivity contribution in [3.8, 4) is 11.4 Å². The fourth-order valence-electron chi connectivity index (χ4n) is 3.18. The first-order chi connectivity index (χ1) is 14.4. The smallest absolute Gasteiger partial charge is 0.338 e. The molecule has 0 bridgehead atoms. The highest BCUT2D eigenvalue weighted by Gasteiger charge is 2.27. The second-order valence-electron chi connectivity index (χ2n) is 7.09. The lowest BCUT2D eigenvalue weighted by molar-refractivity contribution is 0.0429. The molecule has 0 aliphatic carbocycles. The van der Waals surface area contributed by atoms with Gasteiger partial charge >= 0.3 is 5.97 Å². The molecule has 156 valence electrons. The van der Waals surface area contributed by atoms with Gasteiger partial charge in [0.05, 0.1) is 10.5 Å². The number of nitrogens with zero attached hydrogens (tertiary/aromatic N) is 3. The number of aryl methyl sites for hydroxylation is 1. The number of rotatable bonds is 6. The van der Waals surface area contributed by atoms with Crippen LogP contribution in [0.5, 0.6) is 0 Å². The highest BCUT2D eigenvalue weighted by molar-refractivity contribution is 7.89. The summed E-state index contributed by atoms with van der Waals surface area (Å²) in [5.41, 5.74) is 2.17. The molecular weight excluding hydrogens is 406 g/mol. The molecule has 0 radical (unpaired) electrons. The van der Waals surface area contributed by atoms with Crippen LogP contribution >= 0.6 is 0 Å². The van der Waals surface area contributed by atoms with Gasteiger partial charge in [-0.05, 0) is 44.0 Å². The van der Waals surface area contributed by atoms with Gasteiger partial charge < -0.3 is 9.26 Å². The van der Waals surface area contributed by atoms with Crippen molar-refractivity contribution in [1.29, 1.82) is 0 Å². The van der Waals surface area contributed by atoms with Crippen molar-refractivity contribution in [3.05, 3.63) is 65.5 Å². The number of sulfonamides is 1. The molecular formula is C21H21N3O5S. The lowest BCUT2D eigenvalue weighted by Crippen LogP contribution is -2.27. The first-order valence-corrected chi connectivity index (χ1v) is 11.0. The molecule has 1 aromatic heterocycles. The minimum absolute atomic E-state index is 0.167. The largest absolute Gasteiger partial charge is 0.452 e. The predicted molar refractivity (Wildman–Crippen MR) is 108 cm³/mol. The molecule has 0 saturated carbocycles. The molecule has 9 heteroatoms. The van der Waals surface area contributed by atoms with Crippen LogP contribution in [0.4, 0.5) is 0 Å². The van der Waals surface area contributed by atoms with E-state index in [0.717, 1.165) is 24.0 Å². The van der Waals surface area contributed by atoms with Crippen LogP contribution in [0, 0.1) is 6.92 Å². The molecule has 1 aliphatic heterocycles. The number of hydrogen-bond donors (Lipinski definition) is 0. The predicted octanol–water partition coefficient (Wildman–Crippen LogP) is 3.19. The summed E-state index contributed by atoms with van der Waals surface area (Å²) in [6.45, 7) is 2.87. The summed E-state index contributed by atoms with van der Waals surface area (Å²) in [7, 11) is -3.51. The van der Waals surface area contributed by atoms with Gasteiger partial charge in [0, 0.05) is 18.7 Å². The molecule has 1 saturated heterocycles. The van der Waals surface area contributed by atoms with E-state index in [0.29, 0.717) is 18.9 Å². The number of esters is 1. The number of carbonyl (C=O) groups excluding carboxylic acids is 1. The molecule has 8 nitrogen and oxygen atoms in total. The van der Waals surface area contributed by atoms with E-state index in [-0.39, 0.29) is 23.0 Å².